The van der Waals surface area contributed by atoms with E-state index in [2.05, 4.69) is 62.1 Å². The van der Waals surface area contributed by atoms with Crippen molar-refractivity contribution in [1.29, 1.82) is 0 Å². The lowest BCUT2D eigenvalue weighted by Crippen LogP contribution is -2.65. The van der Waals surface area contributed by atoms with Crippen LogP contribution in [-0.4, -0.2) is 86.9 Å². The van der Waals surface area contributed by atoms with Crippen molar-refractivity contribution in [3.05, 3.63) is 0 Å². The molecule has 0 radical (unpaired) electrons. The third-order valence-corrected chi connectivity index (χ3v) is 6.80. The molecule has 2 fully saturated rings. The van der Waals surface area contributed by atoms with E-state index in [1.54, 1.807) is 0 Å². The Morgan fingerprint density at radius 3 is 2.32 bits per heavy atom. The van der Waals surface area contributed by atoms with Crippen LogP contribution in [0.3, 0.4) is 0 Å². The predicted octanol–water partition coefficient (Wildman–Crippen LogP) is 2.78. The highest BCUT2D eigenvalue weighted by Crippen LogP contribution is 2.48. The molecule has 2 N–H and O–H groups in total. The molecule has 0 aromatic carbocycles. The van der Waals surface area contributed by atoms with Crippen LogP contribution in [0, 0.1) is 5.41 Å². The number of nitrogens with one attached hydrogen (secondary N) is 2. The largest absolute Gasteiger partial charge is 0.378 e. The smallest absolute Gasteiger partial charge is 0.191 e. The molecule has 28 heavy (non-hydrogen) atoms. The average molecular weight is 510 g/mol. The van der Waals surface area contributed by atoms with Crippen LogP contribution in [0.25, 0.3) is 0 Å². The van der Waals surface area contributed by atoms with Gasteiger partial charge in [0.1, 0.15) is 0 Å². The highest BCUT2D eigenvalue weighted by molar-refractivity contribution is 14.0. The van der Waals surface area contributed by atoms with E-state index in [-0.39, 0.29) is 29.4 Å². The zero-order valence-electron chi connectivity index (χ0n) is 19.0. The third kappa shape index (κ3) is 6.19. The van der Waals surface area contributed by atoms with Crippen molar-refractivity contribution < 1.29 is 4.74 Å². The number of hydrogen-bond acceptors (Lipinski definition) is 4. The number of halogens is 1. The monoisotopic (exact) mass is 509 g/mol. The van der Waals surface area contributed by atoms with E-state index in [0.717, 1.165) is 71.1 Å². The maximum atomic E-state index is 6.02. The fraction of sp³-hybridized carbons (Fsp3) is 0.952. The van der Waals surface area contributed by atoms with E-state index in [0.29, 0.717) is 18.2 Å². The van der Waals surface area contributed by atoms with Crippen LogP contribution in [0.5, 0.6) is 0 Å². The van der Waals surface area contributed by atoms with Crippen LogP contribution < -0.4 is 10.6 Å². The molecule has 7 heteroatoms. The van der Waals surface area contributed by atoms with Gasteiger partial charge >= 0.3 is 0 Å². The first-order valence-electron chi connectivity index (χ1n) is 11.1. The van der Waals surface area contributed by atoms with Crippen LogP contribution in [0.1, 0.15) is 53.9 Å². The number of hydrogen-bond donors (Lipinski definition) is 2. The summed E-state index contributed by atoms with van der Waals surface area (Å²) in [5.41, 5.74) is 0.231. The lowest BCUT2D eigenvalue weighted by molar-refractivity contribution is -0.133. The summed E-state index contributed by atoms with van der Waals surface area (Å²) < 4.78 is 6.02. The van der Waals surface area contributed by atoms with Gasteiger partial charge < -0.3 is 20.3 Å². The standard InChI is InChI=1S/C21H43N5O.HI/c1-7-21(8-2)18(15-19(21)27-10-4)24-20(22-9-3)23-16-17(5)26-13-11-25(6)12-14-26;/h17-19H,7-16H2,1-6H3,(H2,22,23,24);1H. The van der Waals surface area contributed by atoms with Crippen molar-refractivity contribution in [3.8, 4) is 0 Å². The Hall–Kier alpha value is -0.120. The second-order valence-electron chi connectivity index (χ2n) is 8.22. The Morgan fingerprint density at radius 2 is 1.79 bits per heavy atom. The van der Waals surface area contributed by atoms with E-state index in [9.17, 15) is 0 Å². The van der Waals surface area contributed by atoms with E-state index < -0.39 is 0 Å². The Kier molecular flexibility index (Phi) is 11.6. The Morgan fingerprint density at radius 1 is 1.14 bits per heavy atom. The third-order valence-electron chi connectivity index (χ3n) is 6.80. The SMILES string of the molecule is CCNC(=NCC(C)N1CCN(C)CC1)NC1CC(OCC)C1(CC)CC.I. The Labute approximate surface area is 190 Å². The van der Waals surface area contributed by atoms with Crippen molar-refractivity contribution in [3.63, 3.8) is 0 Å². The molecule has 0 spiro atoms. The Bertz CT molecular complexity index is 464. The first kappa shape index (κ1) is 25.9. The van der Waals surface area contributed by atoms with Gasteiger partial charge in [-0.1, -0.05) is 13.8 Å². The van der Waals surface area contributed by atoms with Gasteiger partial charge in [-0.25, -0.2) is 0 Å². The van der Waals surface area contributed by atoms with Crippen molar-refractivity contribution in [2.75, 3.05) is 52.9 Å². The van der Waals surface area contributed by atoms with Crippen molar-refractivity contribution in [2.45, 2.75) is 72.1 Å². The Balaban J connectivity index is 0.00000392. The van der Waals surface area contributed by atoms with Crippen molar-refractivity contribution in [1.82, 2.24) is 20.4 Å². The minimum Gasteiger partial charge on any atom is -0.378 e. The molecule has 1 aliphatic heterocycles. The number of likely N-dealkylation sites (N-methyl/N-ethyl adjacent to an activating group) is 1. The molecule has 2 rings (SSSR count). The molecule has 0 bridgehead atoms. The number of nitrogens with zero attached hydrogens (tertiary/aromatic N) is 3. The normalized spacial score (nSPS) is 26.9. The average Bonchev–Trinajstić information content (AvgIpc) is 2.66. The number of ether oxygens (including phenoxy) is 1. The first-order chi connectivity index (χ1) is 13.0. The van der Waals surface area contributed by atoms with Gasteiger partial charge in [0.25, 0.3) is 0 Å². The van der Waals surface area contributed by atoms with Gasteiger partial charge in [0, 0.05) is 56.8 Å². The fourth-order valence-corrected chi connectivity index (χ4v) is 4.67. The molecular formula is C21H44IN5O. The van der Waals surface area contributed by atoms with E-state index in [1.165, 1.54) is 0 Å². The molecule has 2 aliphatic rings. The number of rotatable bonds is 9. The maximum Gasteiger partial charge on any atom is 0.191 e. The molecule has 1 saturated carbocycles. The highest BCUT2D eigenvalue weighted by Gasteiger charge is 2.53. The summed E-state index contributed by atoms with van der Waals surface area (Å²) in [6, 6.07) is 0.926. The van der Waals surface area contributed by atoms with E-state index in [4.69, 9.17) is 9.73 Å². The molecule has 166 valence electrons. The zero-order chi connectivity index (χ0) is 19.9. The lowest BCUT2D eigenvalue weighted by atomic mass is 9.58. The molecule has 3 atom stereocenters. The summed E-state index contributed by atoms with van der Waals surface area (Å²) in [7, 11) is 2.20. The van der Waals surface area contributed by atoms with Crippen LogP contribution >= 0.6 is 24.0 Å². The number of piperazine rings is 1. The first-order valence-corrected chi connectivity index (χ1v) is 11.1. The van der Waals surface area contributed by atoms with Gasteiger partial charge in [0.15, 0.2) is 5.96 Å². The number of aliphatic imine (C=N–C) groups is 1. The summed E-state index contributed by atoms with van der Waals surface area (Å²) in [5, 5.41) is 7.18. The van der Waals surface area contributed by atoms with Crippen LogP contribution in [0.15, 0.2) is 4.99 Å². The fourth-order valence-electron chi connectivity index (χ4n) is 4.67. The van der Waals surface area contributed by atoms with Gasteiger partial charge in [-0.2, -0.15) is 0 Å². The molecule has 0 aromatic rings. The van der Waals surface area contributed by atoms with E-state index in [1.807, 2.05) is 0 Å². The zero-order valence-corrected chi connectivity index (χ0v) is 21.3. The second-order valence-corrected chi connectivity index (χ2v) is 8.22. The molecule has 1 heterocycles. The lowest BCUT2D eigenvalue weighted by Gasteiger charge is -2.55. The molecule has 0 amide bonds. The summed E-state index contributed by atoms with van der Waals surface area (Å²) in [6.07, 6.45) is 3.74. The van der Waals surface area contributed by atoms with Gasteiger partial charge in [-0.3, -0.25) is 9.89 Å². The van der Waals surface area contributed by atoms with Gasteiger partial charge in [-0.05, 0) is 47.1 Å². The quantitative estimate of drug-likeness (QED) is 0.285. The van der Waals surface area contributed by atoms with Gasteiger partial charge in [0.05, 0.1) is 12.6 Å². The van der Waals surface area contributed by atoms with Crippen LogP contribution in [0.2, 0.25) is 0 Å². The molecule has 6 nitrogen and oxygen atoms in total. The molecular weight excluding hydrogens is 465 g/mol. The van der Waals surface area contributed by atoms with Crippen molar-refractivity contribution in [2.24, 2.45) is 10.4 Å². The molecule has 1 saturated heterocycles. The summed E-state index contributed by atoms with van der Waals surface area (Å²) in [4.78, 5) is 9.89. The molecule has 1 aliphatic carbocycles. The summed E-state index contributed by atoms with van der Waals surface area (Å²) in [5.74, 6) is 0.963. The minimum atomic E-state index is 0. The van der Waals surface area contributed by atoms with E-state index >= 15 is 0 Å². The summed E-state index contributed by atoms with van der Waals surface area (Å²) >= 11 is 0. The number of guanidine groups is 1. The van der Waals surface area contributed by atoms with Gasteiger partial charge in [-0.15, -0.1) is 24.0 Å². The van der Waals surface area contributed by atoms with Crippen LogP contribution in [-0.2, 0) is 4.74 Å². The molecule has 0 aromatic heterocycles. The minimum absolute atomic E-state index is 0. The predicted molar refractivity (Wildman–Crippen MR) is 130 cm³/mol. The van der Waals surface area contributed by atoms with Gasteiger partial charge in [0.2, 0.25) is 0 Å². The van der Waals surface area contributed by atoms with Crippen LogP contribution in [0.4, 0.5) is 0 Å². The summed E-state index contributed by atoms with van der Waals surface area (Å²) in [6.45, 7) is 18.3. The highest BCUT2D eigenvalue weighted by atomic mass is 127. The topological polar surface area (TPSA) is 52.1 Å². The van der Waals surface area contributed by atoms with Crippen molar-refractivity contribution >= 4 is 29.9 Å². The molecule has 3 unspecified atom stereocenters. The second kappa shape index (κ2) is 12.5. The maximum absolute atomic E-state index is 6.02.